The Kier molecular flexibility index (Phi) is 4.44. The molecule has 7 heteroatoms. The fraction of sp³-hybridized carbons (Fsp3) is 0.364. The van der Waals surface area contributed by atoms with Crippen LogP contribution in [0.3, 0.4) is 0 Å². The SMILES string of the molecule is Cc1ccc(S(=O)(=O)OCC(N)C(=O)O)c(C)c1. The van der Waals surface area contributed by atoms with Gasteiger partial charge in [0.25, 0.3) is 10.1 Å². The topological polar surface area (TPSA) is 107 Å². The minimum atomic E-state index is -3.98. The number of carbonyl (C=O) groups is 1. The van der Waals surface area contributed by atoms with Crippen LogP contribution in [0.25, 0.3) is 0 Å². The molecule has 18 heavy (non-hydrogen) atoms. The Balaban J connectivity index is 2.90. The van der Waals surface area contributed by atoms with Crippen molar-refractivity contribution in [1.82, 2.24) is 0 Å². The average Bonchev–Trinajstić information content (AvgIpc) is 2.25. The summed E-state index contributed by atoms with van der Waals surface area (Å²) in [4.78, 5) is 10.5. The van der Waals surface area contributed by atoms with Crippen molar-refractivity contribution < 1.29 is 22.5 Å². The van der Waals surface area contributed by atoms with Gasteiger partial charge in [0.2, 0.25) is 0 Å². The predicted octanol–water partition coefficient (Wildman–Crippen LogP) is 0.421. The summed E-state index contributed by atoms with van der Waals surface area (Å²) in [7, 11) is -3.98. The van der Waals surface area contributed by atoms with Crippen molar-refractivity contribution in [1.29, 1.82) is 0 Å². The van der Waals surface area contributed by atoms with Gasteiger partial charge in [0.15, 0.2) is 0 Å². The van der Waals surface area contributed by atoms with Crippen molar-refractivity contribution in [2.75, 3.05) is 6.61 Å². The number of hydrogen-bond acceptors (Lipinski definition) is 5. The van der Waals surface area contributed by atoms with Crippen molar-refractivity contribution in [3.63, 3.8) is 0 Å². The molecule has 1 atom stereocenters. The summed E-state index contributed by atoms with van der Waals surface area (Å²) in [6, 6.07) is 3.39. The van der Waals surface area contributed by atoms with Gasteiger partial charge < -0.3 is 10.8 Å². The van der Waals surface area contributed by atoms with E-state index in [0.717, 1.165) is 5.56 Å². The molecule has 1 rings (SSSR count). The van der Waals surface area contributed by atoms with Gasteiger partial charge in [0.1, 0.15) is 6.04 Å². The largest absolute Gasteiger partial charge is 0.480 e. The Morgan fingerprint density at radius 1 is 1.44 bits per heavy atom. The Hall–Kier alpha value is -1.44. The number of nitrogens with two attached hydrogens (primary N) is 1. The Morgan fingerprint density at radius 3 is 2.56 bits per heavy atom. The van der Waals surface area contributed by atoms with E-state index in [9.17, 15) is 13.2 Å². The van der Waals surface area contributed by atoms with Gasteiger partial charge in [0, 0.05) is 0 Å². The quantitative estimate of drug-likeness (QED) is 0.753. The highest BCUT2D eigenvalue weighted by Crippen LogP contribution is 2.18. The lowest BCUT2D eigenvalue weighted by Crippen LogP contribution is -2.35. The van der Waals surface area contributed by atoms with Gasteiger partial charge in [-0.05, 0) is 25.5 Å². The lowest BCUT2D eigenvalue weighted by Gasteiger charge is -2.10. The summed E-state index contributed by atoms with van der Waals surface area (Å²) >= 11 is 0. The first-order valence-corrected chi connectivity index (χ1v) is 6.60. The molecule has 0 aliphatic heterocycles. The molecule has 0 aromatic heterocycles. The van der Waals surface area contributed by atoms with Gasteiger partial charge in [-0.2, -0.15) is 8.42 Å². The minimum Gasteiger partial charge on any atom is -0.480 e. The van der Waals surface area contributed by atoms with Crippen molar-refractivity contribution in [3.8, 4) is 0 Å². The fourth-order valence-electron chi connectivity index (χ4n) is 1.38. The molecule has 0 spiro atoms. The van der Waals surface area contributed by atoms with E-state index in [1.807, 2.05) is 6.92 Å². The summed E-state index contributed by atoms with van der Waals surface area (Å²) in [6.45, 7) is 2.88. The van der Waals surface area contributed by atoms with E-state index in [0.29, 0.717) is 5.56 Å². The van der Waals surface area contributed by atoms with Crippen LogP contribution in [0.5, 0.6) is 0 Å². The van der Waals surface area contributed by atoms with E-state index < -0.39 is 28.7 Å². The molecule has 0 saturated heterocycles. The summed E-state index contributed by atoms with van der Waals surface area (Å²) in [5, 5.41) is 8.54. The molecule has 0 bridgehead atoms. The van der Waals surface area contributed by atoms with Crippen LogP contribution in [0.4, 0.5) is 0 Å². The van der Waals surface area contributed by atoms with Crippen LogP contribution in [0.2, 0.25) is 0 Å². The van der Waals surface area contributed by atoms with Crippen molar-refractivity contribution in [2.45, 2.75) is 24.8 Å². The first-order chi connectivity index (χ1) is 8.24. The Labute approximate surface area is 105 Å². The summed E-state index contributed by atoms with van der Waals surface area (Å²) in [5.74, 6) is -1.31. The number of rotatable bonds is 5. The number of hydrogen-bond donors (Lipinski definition) is 2. The van der Waals surface area contributed by atoms with E-state index in [1.165, 1.54) is 6.07 Å². The molecule has 1 aromatic carbocycles. The average molecular weight is 273 g/mol. The summed E-state index contributed by atoms with van der Waals surface area (Å²) < 4.78 is 28.3. The highest BCUT2D eigenvalue weighted by molar-refractivity contribution is 7.86. The van der Waals surface area contributed by atoms with Crippen LogP contribution in [-0.2, 0) is 19.1 Å². The van der Waals surface area contributed by atoms with E-state index in [2.05, 4.69) is 4.18 Å². The van der Waals surface area contributed by atoms with Crippen LogP contribution in [0.1, 0.15) is 11.1 Å². The molecular formula is C11H15NO5S. The maximum atomic E-state index is 11.8. The molecule has 1 aromatic rings. The third-order valence-electron chi connectivity index (χ3n) is 2.32. The minimum absolute atomic E-state index is 0.0192. The summed E-state index contributed by atoms with van der Waals surface area (Å²) in [6.07, 6.45) is 0. The normalized spacial score (nSPS) is 13.3. The summed E-state index contributed by atoms with van der Waals surface area (Å²) in [5.41, 5.74) is 6.64. The Bertz CT molecular complexity index is 553. The van der Waals surface area contributed by atoms with Gasteiger partial charge in [-0.15, -0.1) is 0 Å². The molecule has 0 heterocycles. The third-order valence-corrected chi connectivity index (χ3v) is 3.76. The first kappa shape index (κ1) is 14.6. The second kappa shape index (κ2) is 5.47. The molecule has 0 aliphatic carbocycles. The molecule has 3 N–H and O–H groups in total. The second-order valence-corrected chi connectivity index (χ2v) is 5.54. The number of aryl methyl sites for hydroxylation is 2. The number of carboxylic acids is 1. The molecule has 0 aliphatic rings. The smallest absolute Gasteiger partial charge is 0.322 e. The molecular weight excluding hydrogens is 258 g/mol. The predicted molar refractivity (Wildman–Crippen MR) is 64.7 cm³/mol. The number of carboxylic acid groups (broad SMARTS) is 1. The third kappa shape index (κ3) is 3.52. The van der Waals surface area contributed by atoms with Gasteiger partial charge in [-0.25, -0.2) is 0 Å². The maximum absolute atomic E-state index is 11.8. The lowest BCUT2D eigenvalue weighted by atomic mass is 10.2. The molecule has 0 amide bonds. The number of benzene rings is 1. The van der Waals surface area contributed by atoms with Crippen LogP contribution in [0.15, 0.2) is 23.1 Å². The van der Waals surface area contributed by atoms with Crippen LogP contribution in [0, 0.1) is 13.8 Å². The molecule has 1 unspecified atom stereocenters. The van der Waals surface area contributed by atoms with Gasteiger partial charge in [-0.3, -0.25) is 8.98 Å². The monoisotopic (exact) mass is 273 g/mol. The van der Waals surface area contributed by atoms with E-state index in [-0.39, 0.29) is 4.90 Å². The first-order valence-electron chi connectivity index (χ1n) is 5.19. The highest BCUT2D eigenvalue weighted by atomic mass is 32.2. The van der Waals surface area contributed by atoms with Crippen molar-refractivity contribution in [3.05, 3.63) is 29.3 Å². The van der Waals surface area contributed by atoms with Gasteiger partial charge in [0.05, 0.1) is 11.5 Å². The standard InChI is InChI=1S/C11H15NO5S/c1-7-3-4-10(8(2)5-7)18(15,16)17-6-9(12)11(13)14/h3-5,9H,6,12H2,1-2H3,(H,13,14). The van der Waals surface area contributed by atoms with E-state index in [1.54, 1.807) is 19.1 Å². The van der Waals surface area contributed by atoms with Gasteiger partial charge >= 0.3 is 5.97 Å². The maximum Gasteiger partial charge on any atom is 0.322 e. The van der Waals surface area contributed by atoms with E-state index >= 15 is 0 Å². The van der Waals surface area contributed by atoms with Crippen LogP contribution >= 0.6 is 0 Å². The highest BCUT2D eigenvalue weighted by Gasteiger charge is 2.21. The van der Waals surface area contributed by atoms with E-state index in [4.69, 9.17) is 10.8 Å². The van der Waals surface area contributed by atoms with Crippen LogP contribution < -0.4 is 5.73 Å². The zero-order chi connectivity index (χ0) is 13.9. The zero-order valence-electron chi connectivity index (χ0n) is 10.1. The zero-order valence-corrected chi connectivity index (χ0v) is 10.9. The number of aliphatic carboxylic acids is 1. The molecule has 0 fully saturated rings. The molecule has 6 nitrogen and oxygen atoms in total. The second-order valence-electron chi connectivity index (χ2n) is 3.95. The van der Waals surface area contributed by atoms with Crippen LogP contribution in [-0.4, -0.2) is 32.1 Å². The molecule has 100 valence electrons. The Morgan fingerprint density at radius 2 is 2.06 bits per heavy atom. The van der Waals surface area contributed by atoms with Crippen molar-refractivity contribution >= 4 is 16.1 Å². The van der Waals surface area contributed by atoms with Crippen molar-refractivity contribution in [2.24, 2.45) is 5.73 Å². The lowest BCUT2D eigenvalue weighted by molar-refractivity contribution is -0.139. The molecule has 0 saturated carbocycles. The molecule has 0 radical (unpaired) electrons. The fourth-order valence-corrected chi connectivity index (χ4v) is 2.52. The van der Waals surface area contributed by atoms with Gasteiger partial charge in [-0.1, -0.05) is 17.7 Å².